The van der Waals surface area contributed by atoms with Crippen LogP contribution < -0.4 is 0 Å². The summed E-state index contributed by atoms with van der Waals surface area (Å²) in [6, 6.07) is 19.2. The van der Waals surface area contributed by atoms with Crippen LogP contribution in [-0.2, 0) is 16.0 Å². The van der Waals surface area contributed by atoms with E-state index in [4.69, 9.17) is 0 Å². The van der Waals surface area contributed by atoms with Gasteiger partial charge >= 0.3 is 0 Å². The predicted molar refractivity (Wildman–Crippen MR) is 144 cm³/mol. The van der Waals surface area contributed by atoms with Gasteiger partial charge in [0.25, 0.3) is 0 Å². The minimum atomic E-state index is 0.0948. The Morgan fingerprint density at radius 1 is 0.606 bits per heavy atom. The zero-order valence-corrected chi connectivity index (χ0v) is 22.9. The van der Waals surface area contributed by atoms with Gasteiger partial charge in [-0.15, -0.1) is 0 Å². The lowest BCUT2D eigenvalue weighted by Crippen LogP contribution is -2.09. The third-order valence-corrected chi connectivity index (χ3v) is 4.26. The predicted octanol–water partition coefficient (Wildman–Crippen LogP) is 8.26. The first kappa shape index (κ1) is 35.0. The fourth-order valence-electron chi connectivity index (χ4n) is 1.94. The Balaban J connectivity index is -0.000000396. The van der Waals surface area contributed by atoms with Crippen molar-refractivity contribution in [2.45, 2.75) is 82.6 Å². The number of ketones is 3. The van der Waals surface area contributed by atoms with Crippen molar-refractivity contribution < 1.29 is 14.4 Å². The van der Waals surface area contributed by atoms with Gasteiger partial charge in [0.15, 0.2) is 5.78 Å². The van der Waals surface area contributed by atoms with Crippen molar-refractivity contribution in [2.24, 2.45) is 17.8 Å². The average Bonchev–Trinajstić information content (AvgIpc) is 2.83. The van der Waals surface area contributed by atoms with E-state index in [1.165, 1.54) is 0 Å². The van der Waals surface area contributed by atoms with Crippen molar-refractivity contribution in [1.29, 1.82) is 0 Å². The summed E-state index contributed by atoms with van der Waals surface area (Å²) in [6.45, 7) is 21.1. The van der Waals surface area contributed by atoms with Gasteiger partial charge in [0, 0.05) is 29.7 Å². The molecule has 2 aromatic rings. The van der Waals surface area contributed by atoms with E-state index in [1.54, 1.807) is 6.92 Å². The maximum Gasteiger partial charge on any atom is 0.165 e. The molecular formula is C30H48O3. The molecule has 0 aromatic heterocycles. The summed E-state index contributed by atoms with van der Waals surface area (Å²) in [4.78, 5) is 32.8. The molecule has 0 amide bonds. The molecule has 186 valence electrons. The molecule has 3 heteroatoms. The Morgan fingerprint density at radius 2 is 0.970 bits per heavy atom. The molecule has 33 heavy (non-hydrogen) atoms. The van der Waals surface area contributed by atoms with Crippen molar-refractivity contribution in [2.75, 3.05) is 0 Å². The molecule has 0 unspecified atom stereocenters. The second-order valence-corrected chi connectivity index (χ2v) is 7.93. The highest BCUT2D eigenvalue weighted by Gasteiger charge is 2.08. The fourth-order valence-corrected chi connectivity index (χ4v) is 1.94. The number of benzene rings is 2. The minimum absolute atomic E-state index is 0.0948. The highest BCUT2D eigenvalue weighted by molar-refractivity contribution is 5.97. The van der Waals surface area contributed by atoms with Crippen molar-refractivity contribution in [3.05, 3.63) is 71.8 Å². The van der Waals surface area contributed by atoms with Gasteiger partial charge in [-0.3, -0.25) is 14.4 Å². The van der Waals surface area contributed by atoms with Gasteiger partial charge in [-0.05, 0) is 12.5 Å². The van der Waals surface area contributed by atoms with Gasteiger partial charge < -0.3 is 0 Å². The Morgan fingerprint density at radius 3 is 1.27 bits per heavy atom. The summed E-state index contributed by atoms with van der Waals surface area (Å²) in [6.07, 6.45) is 0.568. The summed E-state index contributed by atoms with van der Waals surface area (Å²) < 4.78 is 0. The highest BCUT2D eigenvalue weighted by atomic mass is 16.1. The lowest BCUT2D eigenvalue weighted by atomic mass is 10.0. The Bertz CT molecular complexity index is 730. The molecule has 3 nitrogen and oxygen atoms in total. The van der Waals surface area contributed by atoms with E-state index < -0.39 is 0 Å². The maximum absolute atomic E-state index is 11.3. The zero-order chi connectivity index (χ0) is 26.4. The number of carbonyl (C=O) groups excluding carboxylic acids is 3. The van der Waals surface area contributed by atoms with E-state index >= 15 is 0 Å². The van der Waals surface area contributed by atoms with Gasteiger partial charge in [-0.1, -0.05) is 130 Å². The molecule has 0 heterocycles. The summed E-state index contributed by atoms with van der Waals surface area (Å²) in [5.41, 5.74) is 1.92. The van der Waals surface area contributed by atoms with E-state index in [2.05, 4.69) is 0 Å². The lowest BCUT2D eigenvalue weighted by molar-refractivity contribution is -0.121. The largest absolute Gasteiger partial charge is 0.300 e. The van der Waals surface area contributed by atoms with Crippen LogP contribution in [0.4, 0.5) is 0 Å². The van der Waals surface area contributed by atoms with Gasteiger partial charge in [0.1, 0.15) is 11.6 Å². The molecule has 0 N–H and O–H groups in total. The number of rotatable bonds is 6. The minimum Gasteiger partial charge on any atom is -0.300 e. The van der Waals surface area contributed by atoms with Crippen LogP contribution in [0.15, 0.2) is 60.7 Å². The second-order valence-electron chi connectivity index (χ2n) is 7.93. The molecule has 0 aliphatic rings. The molecule has 0 aliphatic carbocycles. The third-order valence-electron chi connectivity index (χ3n) is 4.26. The molecule has 0 spiro atoms. The van der Waals surface area contributed by atoms with Gasteiger partial charge in [0.2, 0.25) is 0 Å². The van der Waals surface area contributed by atoms with E-state index in [0.29, 0.717) is 12.2 Å². The van der Waals surface area contributed by atoms with Crippen molar-refractivity contribution in [3.63, 3.8) is 0 Å². The molecule has 0 fully saturated rings. The first-order valence-electron chi connectivity index (χ1n) is 12.2. The summed E-state index contributed by atoms with van der Waals surface area (Å²) in [5, 5.41) is 0. The van der Waals surface area contributed by atoms with Gasteiger partial charge in [0.05, 0.1) is 0 Å². The summed E-state index contributed by atoms with van der Waals surface area (Å²) >= 11 is 0. The standard InChI is InChI=1S/C11H14O.C10H12O.C5H10O.2C2H6/c1-9(2)11(12)8-10-6-4-3-5-7-10;1-8(2)10(11)9-6-4-3-5-7-9;1-4(2)5(3)6;2*1-2/h3-7,9H,8H2,1-2H3;3-8H,1-2H3;4H,1-3H3;2*1-2H3. The van der Waals surface area contributed by atoms with E-state index in [9.17, 15) is 14.4 Å². The summed E-state index contributed by atoms with van der Waals surface area (Å²) in [7, 11) is 0. The second kappa shape index (κ2) is 22.6. The molecule has 0 bridgehead atoms. The Kier molecular flexibility index (Phi) is 24.0. The van der Waals surface area contributed by atoms with Crippen LogP contribution in [0.1, 0.15) is 92.1 Å². The lowest BCUT2D eigenvalue weighted by Gasteiger charge is -2.02. The molecule has 2 aromatic carbocycles. The Hall–Kier alpha value is -2.55. The van der Waals surface area contributed by atoms with Crippen LogP contribution in [0.3, 0.4) is 0 Å². The molecule has 0 radical (unpaired) electrons. The smallest absolute Gasteiger partial charge is 0.165 e. The monoisotopic (exact) mass is 456 g/mol. The molecule has 0 saturated heterocycles. The topological polar surface area (TPSA) is 51.2 Å². The van der Waals surface area contributed by atoms with Crippen molar-refractivity contribution in [3.8, 4) is 0 Å². The van der Waals surface area contributed by atoms with E-state index in [0.717, 1.165) is 11.1 Å². The van der Waals surface area contributed by atoms with E-state index in [-0.39, 0.29) is 29.3 Å². The van der Waals surface area contributed by atoms with Crippen LogP contribution >= 0.6 is 0 Å². The number of hydrogen-bond donors (Lipinski definition) is 0. The van der Waals surface area contributed by atoms with Crippen LogP contribution in [0.5, 0.6) is 0 Å². The number of Topliss-reactive ketones (excluding diaryl/α,β-unsaturated/α-hetero) is 3. The van der Waals surface area contributed by atoms with Crippen molar-refractivity contribution >= 4 is 17.3 Å². The van der Waals surface area contributed by atoms with Crippen LogP contribution in [-0.4, -0.2) is 17.3 Å². The van der Waals surface area contributed by atoms with Crippen LogP contribution in [0.25, 0.3) is 0 Å². The molecule has 0 saturated carbocycles. The first-order chi connectivity index (χ1) is 15.6. The third kappa shape index (κ3) is 19.8. The number of hydrogen-bond acceptors (Lipinski definition) is 3. The molecule has 0 atom stereocenters. The van der Waals surface area contributed by atoms with Gasteiger partial charge in [-0.25, -0.2) is 0 Å². The fraction of sp³-hybridized carbons (Fsp3) is 0.500. The van der Waals surface area contributed by atoms with E-state index in [1.807, 2.05) is 130 Å². The SMILES string of the molecule is CC.CC.CC(=O)C(C)C.CC(C)C(=O)Cc1ccccc1.CC(C)C(=O)c1ccccc1. The Labute approximate surface area is 204 Å². The summed E-state index contributed by atoms with van der Waals surface area (Å²) in [5.74, 6) is 1.23. The normalized spacial score (nSPS) is 9.15. The quantitative estimate of drug-likeness (QED) is 0.411. The van der Waals surface area contributed by atoms with Crippen LogP contribution in [0, 0.1) is 17.8 Å². The van der Waals surface area contributed by atoms with Crippen LogP contribution in [0.2, 0.25) is 0 Å². The van der Waals surface area contributed by atoms with Gasteiger partial charge in [-0.2, -0.15) is 0 Å². The first-order valence-corrected chi connectivity index (χ1v) is 12.2. The molecule has 2 rings (SSSR count). The molecule has 0 aliphatic heterocycles. The zero-order valence-electron chi connectivity index (χ0n) is 22.9. The van der Waals surface area contributed by atoms with Crippen molar-refractivity contribution in [1.82, 2.24) is 0 Å². The molecular weight excluding hydrogens is 408 g/mol. The average molecular weight is 457 g/mol. The highest BCUT2D eigenvalue weighted by Crippen LogP contribution is 2.07. The number of carbonyl (C=O) groups is 3. The maximum atomic E-state index is 11.3.